The lowest BCUT2D eigenvalue weighted by atomic mass is 9.93. The van der Waals surface area contributed by atoms with Crippen LogP contribution in [0.1, 0.15) is 104 Å². The first-order valence-corrected chi connectivity index (χ1v) is 10.1. The molecule has 0 rings (SSSR count). The molecule has 3 heteroatoms. The van der Waals surface area contributed by atoms with Gasteiger partial charge in [0.2, 0.25) is 5.91 Å². The highest BCUT2D eigenvalue weighted by atomic mass is 16.2. The van der Waals surface area contributed by atoms with Crippen LogP contribution in [0.5, 0.6) is 0 Å². The van der Waals surface area contributed by atoms with Crippen molar-refractivity contribution in [3.8, 4) is 0 Å². The van der Waals surface area contributed by atoms with E-state index in [9.17, 15) is 4.79 Å². The summed E-state index contributed by atoms with van der Waals surface area (Å²) in [6.45, 7) is 4.51. The number of hydrogen-bond donors (Lipinski definition) is 1. The molecule has 23 heavy (non-hydrogen) atoms. The Morgan fingerprint density at radius 3 is 1.57 bits per heavy atom. The first-order valence-electron chi connectivity index (χ1n) is 10.1. The summed E-state index contributed by atoms with van der Waals surface area (Å²) in [7, 11) is 3.67. The van der Waals surface area contributed by atoms with Gasteiger partial charge < -0.3 is 0 Å². The molecule has 0 aromatic carbocycles. The predicted molar refractivity (Wildman–Crippen MR) is 101 cm³/mol. The molecule has 0 spiro atoms. The van der Waals surface area contributed by atoms with E-state index in [4.69, 9.17) is 0 Å². The molecule has 0 aromatic heterocycles. The van der Waals surface area contributed by atoms with Crippen LogP contribution < -0.4 is 5.43 Å². The van der Waals surface area contributed by atoms with Crippen LogP contribution in [-0.4, -0.2) is 25.0 Å². The summed E-state index contributed by atoms with van der Waals surface area (Å²) in [5, 5.41) is 1.67. The molecule has 0 aromatic rings. The topological polar surface area (TPSA) is 32.3 Å². The minimum absolute atomic E-state index is 0.213. The normalized spacial score (nSPS) is 11.2. The molecular formula is C20H42N2O. The zero-order chi connectivity index (χ0) is 17.3. The molecule has 0 radical (unpaired) electrons. The number of hydrogen-bond acceptors (Lipinski definition) is 2. The van der Waals surface area contributed by atoms with E-state index in [1.54, 1.807) is 5.01 Å². The maximum atomic E-state index is 12.5. The van der Waals surface area contributed by atoms with E-state index in [1.807, 2.05) is 14.1 Å². The third-order valence-electron chi connectivity index (χ3n) is 4.83. The third kappa shape index (κ3) is 12.5. The van der Waals surface area contributed by atoms with Crippen molar-refractivity contribution in [1.82, 2.24) is 10.4 Å². The van der Waals surface area contributed by atoms with Crippen LogP contribution in [0, 0.1) is 5.92 Å². The van der Waals surface area contributed by atoms with E-state index in [0.29, 0.717) is 0 Å². The maximum absolute atomic E-state index is 12.5. The molecule has 3 nitrogen and oxygen atoms in total. The van der Waals surface area contributed by atoms with Crippen molar-refractivity contribution in [2.75, 3.05) is 14.1 Å². The first-order chi connectivity index (χ1) is 11.2. The fraction of sp³-hybridized carbons (Fsp3) is 0.950. The summed E-state index contributed by atoms with van der Waals surface area (Å²) in [4.78, 5) is 12.5. The number of rotatable bonds is 16. The van der Waals surface area contributed by atoms with Crippen LogP contribution in [0.2, 0.25) is 0 Å². The van der Waals surface area contributed by atoms with Crippen molar-refractivity contribution in [2.24, 2.45) is 5.92 Å². The molecule has 0 saturated carbocycles. The van der Waals surface area contributed by atoms with E-state index < -0.39 is 0 Å². The van der Waals surface area contributed by atoms with Gasteiger partial charge in [-0.1, -0.05) is 90.9 Å². The lowest BCUT2D eigenvalue weighted by Gasteiger charge is -2.23. The SMILES string of the molecule is CCCCCCCCC(CCCCCCCC)C(=O)N(C)NC. The number of hydrazine groups is 1. The highest BCUT2D eigenvalue weighted by Crippen LogP contribution is 2.20. The van der Waals surface area contributed by atoms with Gasteiger partial charge in [0.05, 0.1) is 0 Å². The van der Waals surface area contributed by atoms with Gasteiger partial charge in [-0.15, -0.1) is 0 Å². The molecule has 1 amide bonds. The summed E-state index contributed by atoms with van der Waals surface area (Å²) in [6, 6.07) is 0. The largest absolute Gasteiger partial charge is 0.281 e. The fourth-order valence-corrected chi connectivity index (χ4v) is 3.12. The maximum Gasteiger partial charge on any atom is 0.239 e. The van der Waals surface area contributed by atoms with Crippen LogP contribution in [-0.2, 0) is 4.79 Å². The van der Waals surface area contributed by atoms with E-state index >= 15 is 0 Å². The van der Waals surface area contributed by atoms with Crippen molar-refractivity contribution in [2.45, 2.75) is 104 Å². The number of carbonyl (C=O) groups is 1. The van der Waals surface area contributed by atoms with Crippen LogP contribution in [0.3, 0.4) is 0 Å². The first kappa shape index (κ1) is 22.4. The summed E-state index contributed by atoms with van der Waals surface area (Å²) < 4.78 is 0. The molecule has 0 aliphatic heterocycles. The second-order valence-corrected chi connectivity index (χ2v) is 6.93. The zero-order valence-electron chi connectivity index (χ0n) is 16.3. The summed E-state index contributed by atoms with van der Waals surface area (Å²) in [6.07, 6.45) is 17.7. The average Bonchev–Trinajstić information content (AvgIpc) is 2.57. The summed E-state index contributed by atoms with van der Waals surface area (Å²) >= 11 is 0. The molecule has 0 bridgehead atoms. The number of carbonyl (C=O) groups excluding carboxylic acids is 1. The van der Waals surface area contributed by atoms with Crippen LogP contribution >= 0.6 is 0 Å². The van der Waals surface area contributed by atoms with Crippen molar-refractivity contribution in [1.29, 1.82) is 0 Å². The Bertz CT molecular complexity index is 252. The monoisotopic (exact) mass is 326 g/mol. The molecule has 0 saturated heterocycles. The second kappa shape index (κ2) is 16.3. The van der Waals surface area contributed by atoms with Gasteiger partial charge in [-0.2, -0.15) is 0 Å². The van der Waals surface area contributed by atoms with Gasteiger partial charge in [0, 0.05) is 20.0 Å². The molecule has 0 atom stereocenters. The quantitative estimate of drug-likeness (QED) is 0.291. The highest BCUT2D eigenvalue weighted by molar-refractivity contribution is 5.78. The van der Waals surface area contributed by atoms with E-state index in [1.165, 1.54) is 77.0 Å². The van der Waals surface area contributed by atoms with Gasteiger partial charge in [0.25, 0.3) is 0 Å². The molecular weight excluding hydrogens is 284 g/mol. The third-order valence-corrected chi connectivity index (χ3v) is 4.83. The summed E-state index contributed by atoms with van der Waals surface area (Å²) in [5.74, 6) is 0.486. The highest BCUT2D eigenvalue weighted by Gasteiger charge is 2.20. The van der Waals surface area contributed by atoms with Crippen LogP contribution in [0.4, 0.5) is 0 Å². The minimum atomic E-state index is 0.213. The Morgan fingerprint density at radius 1 is 0.783 bits per heavy atom. The molecule has 0 aliphatic rings. The van der Waals surface area contributed by atoms with E-state index in [0.717, 1.165) is 12.8 Å². The van der Waals surface area contributed by atoms with Crippen molar-refractivity contribution in [3.63, 3.8) is 0 Å². The van der Waals surface area contributed by atoms with Crippen LogP contribution in [0.25, 0.3) is 0 Å². The van der Waals surface area contributed by atoms with Gasteiger partial charge in [0.15, 0.2) is 0 Å². The van der Waals surface area contributed by atoms with E-state index in [-0.39, 0.29) is 11.8 Å². The van der Waals surface area contributed by atoms with Gasteiger partial charge >= 0.3 is 0 Å². The number of amides is 1. The van der Waals surface area contributed by atoms with E-state index in [2.05, 4.69) is 19.3 Å². The van der Waals surface area contributed by atoms with Crippen molar-refractivity contribution < 1.29 is 4.79 Å². The van der Waals surface area contributed by atoms with Crippen molar-refractivity contribution in [3.05, 3.63) is 0 Å². The molecule has 0 unspecified atom stereocenters. The Morgan fingerprint density at radius 2 is 1.17 bits per heavy atom. The van der Waals surface area contributed by atoms with Crippen LogP contribution in [0.15, 0.2) is 0 Å². The van der Waals surface area contributed by atoms with Gasteiger partial charge in [-0.3, -0.25) is 9.80 Å². The fourth-order valence-electron chi connectivity index (χ4n) is 3.12. The average molecular weight is 327 g/mol. The standard InChI is InChI=1S/C20H42N2O/c1-5-7-9-11-13-15-17-19(20(23)22(4)21-3)18-16-14-12-10-8-6-2/h19,21H,5-18H2,1-4H3. The van der Waals surface area contributed by atoms with Gasteiger partial charge in [0.1, 0.15) is 0 Å². The molecule has 0 fully saturated rings. The predicted octanol–water partition coefficient (Wildman–Crippen LogP) is 5.70. The Balaban J connectivity index is 4.01. The number of unbranched alkanes of at least 4 members (excludes halogenated alkanes) is 10. The second-order valence-electron chi connectivity index (χ2n) is 6.93. The molecule has 1 N–H and O–H groups in total. The number of nitrogens with one attached hydrogen (secondary N) is 1. The lowest BCUT2D eigenvalue weighted by Crippen LogP contribution is -2.40. The Labute approximate surface area is 145 Å². The zero-order valence-corrected chi connectivity index (χ0v) is 16.3. The molecule has 138 valence electrons. The molecule has 0 aliphatic carbocycles. The van der Waals surface area contributed by atoms with Crippen molar-refractivity contribution >= 4 is 5.91 Å². The Hall–Kier alpha value is -0.570. The molecule has 0 heterocycles. The lowest BCUT2D eigenvalue weighted by molar-refractivity contribution is -0.137. The minimum Gasteiger partial charge on any atom is -0.281 e. The Kier molecular flexibility index (Phi) is 15.9. The number of nitrogens with zero attached hydrogens (tertiary/aromatic N) is 1. The smallest absolute Gasteiger partial charge is 0.239 e. The van der Waals surface area contributed by atoms with Gasteiger partial charge in [-0.25, -0.2) is 5.43 Å². The van der Waals surface area contributed by atoms with Gasteiger partial charge in [-0.05, 0) is 12.8 Å². The summed E-state index contributed by atoms with van der Waals surface area (Å²) in [5.41, 5.74) is 2.97.